The maximum Gasteiger partial charge on any atom is 0.0648 e. The molecule has 0 spiro atoms. The maximum absolute atomic E-state index is 6.15. The van der Waals surface area contributed by atoms with Crippen LogP contribution in [0.15, 0.2) is 18.2 Å². The van der Waals surface area contributed by atoms with Crippen LogP contribution in [0.4, 0.5) is 0 Å². The monoisotopic (exact) mass is 220 g/mol. The zero-order valence-corrected chi connectivity index (χ0v) is 9.14. The van der Waals surface area contributed by atoms with Gasteiger partial charge in [0.1, 0.15) is 0 Å². The molecule has 0 bridgehead atoms. The third-order valence-corrected chi connectivity index (χ3v) is 3.55. The Labute approximate surface area is 93.4 Å². The first kappa shape index (κ1) is 9.25. The number of hydrogen-bond acceptors (Lipinski definition) is 1. The van der Waals surface area contributed by atoms with Gasteiger partial charge in [-0.05, 0) is 30.9 Å². The maximum atomic E-state index is 6.15. The highest BCUT2D eigenvalue weighted by Gasteiger charge is 2.21. The summed E-state index contributed by atoms with van der Waals surface area (Å²) in [7, 11) is 0. The predicted molar refractivity (Wildman–Crippen MR) is 63.2 cm³/mol. The number of rotatable bonds is 0. The van der Waals surface area contributed by atoms with Gasteiger partial charge in [0.2, 0.25) is 0 Å². The van der Waals surface area contributed by atoms with Crippen LogP contribution in [0.25, 0.3) is 10.9 Å². The van der Waals surface area contributed by atoms with E-state index in [0.717, 1.165) is 23.4 Å². The van der Waals surface area contributed by atoms with Crippen LogP contribution in [-0.4, -0.2) is 4.98 Å². The zero-order chi connectivity index (χ0) is 10.4. The molecule has 3 N–H and O–H groups in total. The van der Waals surface area contributed by atoms with Crippen LogP contribution >= 0.6 is 11.6 Å². The van der Waals surface area contributed by atoms with E-state index in [1.807, 2.05) is 12.1 Å². The number of benzene rings is 1. The summed E-state index contributed by atoms with van der Waals surface area (Å²) in [6.07, 6.45) is 3.36. The number of aromatic amines is 1. The van der Waals surface area contributed by atoms with Crippen molar-refractivity contribution in [2.45, 2.75) is 25.3 Å². The fraction of sp³-hybridized carbons (Fsp3) is 0.333. The van der Waals surface area contributed by atoms with Gasteiger partial charge in [-0.1, -0.05) is 23.7 Å². The molecule has 2 nitrogen and oxygen atoms in total. The minimum absolute atomic E-state index is 0.150. The first-order valence-electron chi connectivity index (χ1n) is 5.32. The minimum atomic E-state index is 0.150. The summed E-state index contributed by atoms with van der Waals surface area (Å²) in [6, 6.07) is 6.18. The van der Waals surface area contributed by atoms with Gasteiger partial charge in [0.25, 0.3) is 0 Å². The molecule has 1 aromatic carbocycles. The SMILES string of the molecule is N[C@H]1CCCc2c1[nH]c1c(Cl)cccc21. The summed E-state index contributed by atoms with van der Waals surface area (Å²) < 4.78 is 0. The van der Waals surface area contributed by atoms with Crippen molar-refractivity contribution in [2.24, 2.45) is 5.73 Å². The number of nitrogens with one attached hydrogen (secondary N) is 1. The Hall–Kier alpha value is -0.990. The van der Waals surface area contributed by atoms with E-state index in [4.69, 9.17) is 17.3 Å². The molecule has 0 fully saturated rings. The van der Waals surface area contributed by atoms with Crippen molar-refractivity contribution < 1.29 is 0 Å². The highest BCUT2D eigenvalue weighted by molar-refractivity contribution is 6.35. The number of aromatic nitrogens is 1. The van der Waals surface area contributed by atoms with Gasteiger partial charge in [-0.2, -0.15) is 0 Å². The number of H-pyrrole nitrogens is 1. The van der Waals surface area contributed by atoms with Gasteiger partial charge < -0.3 is 10.7 Å². The molecule has 3 heteroatoms. The number of para-hydroxylation sites is 1. The Kier molecular flexibility index (Phi) is 2.01. The largest absolute Gasteiger partial charge is 0.356 e. The molecule has 0 saturated carbocycles. The van der Waals surface area contributed by atoms with Gasteiger partial charge in [-0.3, -0.25) is 0 Å². The molecule has 3 rings (SSSR count). The molecule has 0 radical (unpaired) electrons. The Bertz CT molecular complexity index is 516. The average Bonchev–Trinajstić information content (AvgIpc) is 2.60. The molecule has 78 valence electrons. The van der Waals surface area contributed by atoms with Gasteiger partial charge in [-0.15, -0.1) is 0 Å². The van der Waals surface area contributed by atoms with Crippen LogP contribution in [0, 0.1) is 0 Å². The fourth-order valence-corrected chi connectivity index (χ4v) is 2.71. The predicted octanol–water partition coefficient (Wildman–Crippen LogP) is 3.16. The standard InChI is InChI=1S/C12H13ClN2/c13-9-5-1-3-7-8-4-2-6-10(14)12(8)15-11(7)9/h1,3,5,10,15H,2,4,6,14H2/t10-/m0/s1. The molecular formula is C12H13ClN2. The number of nitrogens with two attached hydrogens (primary N) is 1. The number of hydrogen-bond donors (Lipinski definition) is 2. The van der Waals surface area contributed by atoms with Gasteiger partial charge in [-0.25, -0.2) is 0 Å². The van der Waals surface area contributed by atoms with Crippen LogP contribution < -0.4 is 5.73 Å². The molecular weight excluding hydrogens is 208 g/mol. The van der Waals surface area contributed by atoms with E-state index in [2.05, 4.69) is 11.1 Å². The Morgan fingerprint density at radius 1 is 1.40 bits per heavy atom. The second-order valence-corrected chi connectivity index (χ2v) is 4.59. The summed E-state index contributed by atoms with van der Waals surface area (Å²) in [5.74, 6) is 0. The number of halogens is 1. The molecule has 0 unspecified atom stereocenters. The topological polar surface area (TPSA) is 41.8 Å². The Morgan fingerprint density at radius 2 is 2.27 bits per heavy atom. The van der Waals surface area contributed by atoms with E-state index in [1.54, 1.807) is 0 Å². The minimum Gasteiger partial charge on any atom is -0.356 e. The molecule has 15 heavy (non-hydrogen) atoms. The van der Waals surface area contributed by atoms with Crippen molar-refractivity contribution in [1.29, 1.82) is 0 Å². The van der Waals surface area contributed by atoms with Crippen molar-refractivity contribution >= 4 is 22.5 Å². The van der Waals surface area contributed by atoms with Crippen molar-refractivity contribution in [3.8, 4) is 0 Å². The van der Waals surface area contributed by atoms with Gasteiger partial charge in [0.15, 0.2) is 0 Å². The van der Waals surface area contributed by atoms with Crippen molar-refractivity contribution in [3.05, 3.63) is 34.5 Å². The summed E-state index contributed by atoms with van der Waals surface area (Å²) in [5.41, 5.74) is 9.68. The van der Waals surface area contributed by atoms with Crippen LogP contribution in [0.3, 0.4) is 0 Å². The van der Waals surface area contributed by atoms with E-state index in [9.17, 15) is 0 Å². The van der Waals surface area contributed by atoms with Gasteiger partial charge in [0, 0.05) is 17.1 Å². The lowest BCUT2D eigenvalue weighted by molar-refractivity contribution is 0.562. The molecule has 1 aliphatic carbocycles. The summed E-state index contributed by atoms with van der Waals surface area (Å²) >= 11 is 6.15. The highest BCUT2D eigenvalue weighted by Crippen LogP contribution is 2.35. The van der Waals surface area contributed by atoms with Crippen LogP contribution in [0.2, 0.25) is 5.02 Å². The highest BCUT2D eigenvalue weighted by atomic mass is 35.5. The van der Waals surface area contributed by atoms with Gasteiger partial charge >= 0.3 is 0 Å². The smallest absolute Gasteiger partial charge is 0.0648 e. The molecule has 1 aromatic heterocycles. The van der Waals surface area contributed by atoms with E-state index in [1.165, 1.54) is 23.1 Å². The van der Waals surface area contributed by atoms with E-state index in [0.29, 0.717) is 0 Å². The molecule has 1 heterocycles. The average molecular weight is 221 g/mol. The van der Waals surface area contributed by atoms with Crippen LogP contribution in [0.5, 0.6) is 0 Å². The first-order valence-corrected chi connectivity index (χ1v) is 5.69. The van der Waals surface area contributed by atoms with E-state index in [-0.39, 0.29) is 6.04 Å². The first-order chi connectivity index (χ1) is 7.27. The summed E-state index contributed by atoms with van der Waals surface area (Å²) in [4.78, 5) is 3.38. The third-order valence-electron chi connectivity index (χ3n) is 3.24. The van der Waals surface area contributed by atoms with Crippen LogP contribution in [-0.2, 0) is 6.42 Å². The number of aryl methyl sites for hydroxylation is 1. The second kappa shape index (κ2) is 3.26. The number of fused-ring (bicyclic) bond motifs is 3. The normalized spacial score (nSPS) is 20.5. The summed E-state index contributed by atoms with van der Waals surface area (Å²) in [6.45, 7) is 0. The lowest BCUT2D eigenvalue weighted by Crippen LogP contribution is -2.16. The zero-order valence-electron chi connectivity index (χ0n) is 8.39. The van der Waals surface area contributed by atoms with Crippen molar-refractivity contribution in [3.63, 3.8) is 0 Å². The van der Waals surface area contributed by atoms with E-state index >= 15 is 0 Å². The second-order valence-electron chi connectivity index (χ2n) is 4.18. The third kappa shape index (κ3) is 1.29. The fourth-order valence-electron chi connectivity index (χ4n) is 2.49. The van der Waals surface area contributed by atoms with Crippen molar-refractivity contribution in [2.75, 3.05) is 0 Å². The molecule has 1 atom stereocenters. The lowest BCUT2D eigenvalue weighted by Gasteiger charge is -2.18. The van der Waals surface area contributed by atoms with Crippen molar-refractivity contribution in [1.82, 2.24) is 4.98 Å². The Morgan fingerprint density at radius 3 is 3.13 bits per heavy atom. The lowest BCUT2D eigenvalue weighted by atomic mass is 9.92. The van der Waals surface area contributed by atoms with E-state index < -0.39 is 0 Å². The quantitative estimate of drug-likeness (QED) is 0.704. The Balaban J connectivity index is 2.35. The molecule has 1 aliphatic rings. The molecule has 2 aromatic rings. The van der Waals surface area contributed by atoms with Crippen LogP contribution in [0.1, 0.15) is 30.1 Å². The summed E-state index contributed by atoms with van der Waals surface area (Å²) in [5, 5.41) is 2.03. The molecule has 0 saturated heterocycles. The van der Waals surface area contributed by atoms with Gasteiger partial charge in [0.05, 0.1) is 10.5 Å². The molecule has 0 amide bonds. The molecule has 0 aliphatic heterocycles.